The monoisotopic (exact) mass is 198 g/mol. The van der Waals surface area contributed by atoms with Crippen molar-refractivity contribution in [2.45, 2.75) is 26.4 Å². The number of anilines is 1. The molecule has 1 aromatic heterocycles. The fourth-order valence-corrected chi connectivity index (χ4v) is 1.48. The first-order valence-electron chi connectivity index (χ1n) is 4.22. The van der Waals surface area contributed by atoms with Crippen molar-refractivity contribution in [2.75, 3.05) is 5.32 Å². The Kier molecular flexibility index (Phi) is 2.00. The van der Waals surface area contributed by atoms with Gasteiger partial charge in [-0.1, -0.05) is 0 Å². The minimum atomic E-state index is 0.332. The highest BCUT2D eigenvalue weighted by Gasteiger charge is 2.16. The van der Waals surface area contributed by atoms with Crippen LogP contribution in [0.5, 0.6) is 0 Å². The summed E-state index contributed by atoms with van der Waals surface area (Å²) >= 11 is 5.78. The van der Waals surface area contributed by atoms with E-state index in [1.54, 1.807) is 0 Å². The van der Waals surface area contributed by atoms with Crippen molar-refractivity contribution < 1.29 is 0 Å². The molecule has 0 aromatic carbocycles. The van der Waals surface area contributed by atoms with Gasteiger partial charge in [0, 0.05) is 11.6 Å². The quantitative estimate of drug-likeness (QED) is 0.702. The summed E-state index contributed by atoms with van der Waals surface area (Å²) in [4.78, 5) is 4.06. The van der Waals surface area contributed by atoms with Crippen molar-refractivity contribution in [1.29, 1.82) is 0 Å². The van der Waals surface area contributed by atoms with Crippen LogP contribution in [0.25, 0.3) is 0 Å². The minimum Gasteiger partial charge on any atom is -0.315 e. The number of nitrogens with zero attached hydrogens (tertiary/aromatic N) is 3. The zero-order valence-corrected chi connectivity index (χ0v) is 8.34. The lowest BCUT2D eigenvalue weighted by atomic mass is 10.3. The Labute approximate surface area is 81.6 Å². The maximum atomic E-state index is 5.78. The van der Waals surface area contributed by atoms with Crippen LogP contribution in [0.2, 0.25) is 0 Å². The molecule has 4 nitrogen and oxygen atoms in total. The van der Waals surface area contributed by atoms with Gasteiger partial charge in [-0.2, -0.15) is 5.10 Å². The van der Waals surface area contributed by atoms with E-state index in [1.807, 2.05) is 10.9 Å². The van der Waals surface area contributed by atoms with E-state index in [0.29, 0.717) is 17.9 Å². The number of hydrogen-bond donors (Lipinski definition) is 1. The van der Waals surface area contributed by atoms with Crippen LogP contribution in [0.4, 0.5) is 5.82 Å². The molecule has 5 heteroatoms. The maximum Gasteiger partial charge on any atom is 0.197 e. The average Bonchev–Trinajstić information content (AvgIpc) is 2.46. The molecule has 0 atom stereocenters. The number of hydrogen-bond acceptors (Lipinski definition) is 3. The summed E-state index contributed by atoms with van der Waals surface area (Å²) in [6.45, 7) is 4.77. The third-order valence-electron chi connectivity index (χ3n) is 1.97. The van der Waals surface area contributed by atoms with Crippen LogP contribution in [0.3, 0.4) is 0 Å². The second-order valence-corrected chi connectivity index (χ2v) is 3.65. The van der Waals surface area contributed by atoms with Crippen LogP contribution in [0.1, 0.15) is 25.5 Å². The molecule has 2 rings (SSSR count). The van der Waals surface area contributed by atoms with E-state index in [0.717, 1.165) is 11.4 Å². The molecule has 2 heterocycles. The molecule has 70 valence electrons. The molecule has 13 heavy (non-hydrogen) atoms. The van der Waals surface area contributed by atoms with Gasteiger partial charge in [-0.15, -0.1) is 0 Å². The molecule has 0 bridgehead atoms. The molecule has 0 saturated heterocycles. The van der Waals surface area contributed by atoms with E-state index in [1.165, 1.54) is 0 Å². The van der Waals surface area contributed by atoms with Crippen molar-refractivity contribution in [3.63, 3.8) is 0 Å². The van der Waals surface area contributed by atoms with Crippen LogP contribution >= 0.6 is 11.6 Å². The van der Waals surface area contributed by atoms with Gasteiger partial charge < -0.3 is 5.32 Å². The van der Waals surface area contributed by atoms with Gasteiger partial charge >= 0.3 is 0 Å². The lowest BCUT2D eigenvalue weighted by Crippen LogP contribution is -2.16. The van der Waals surface area contributed by atoms with Gasteiger partial charge in [-0.3, -0.25) is 4.99 Å². The zero-order chi connectivity index (χ0) is 9.42. The Morgan fingerprint density at radius 2 is 2.38 bits per heavy atom. The van der Waals surface area contributed by atoms with Gasteiger partial charge in [0.25, 0.3) is 0 Å². The number of aromatic nitrogens is 2. The summed E-state index contributed by atoms with van der Waals surface area (Å²) < 4.78 is 1.91. The third-order valence-corrected chi connectivity index (χ3v) is 2.18. The normalized spacial score (nSPS) is 15.2. The van der Waals surface area contributed by atoms with E-state index < -0.39 is 0 Å². The SMILES string of the molecule is CC(C)n1ncc2c1NC(Cl)=NC2. The van der Waals surface area contributed by atoms with E-state index in [-0.39, 0.29) is 0 Å². The van der Waals surface area contributed by atoms with Crippen molar-refractivity contribution >= 4 is 22.7 Å². The minimum absolute atomic E-state index is 0.332. The summed E-state index contributed by atoms with van der Waals surface area (Å²) in [5, 5.41) is 7.70. The molecule has 0 fully saturated rings. The Morgan fingerprint density at radius 1 is 1.62 bits per heavy atom. The molecule has 0 saturated carbocycles. The Morgan fingerprint density at radius 3 is 3.08 bits per heavy atom. The van der Waals surface area contributed by atoms with E-state index >= 15 is 0 Å². The van der Waals surface area contributed by atoms with Crippen LogP contribution in [0.15, 0.2) is 11.2 Å². The van der Waals surface area contributed by atoms with E-state index in [2.05, 4.69) is 29.3 Å². The molecule has 0 unspecified atom stereocenters. The smallest absolute Gasteiger partial charge is 0.197 e. The molecule has 1 aliphatic rings. The van der Waals surface area contributed by atoms with Gasteiger partial charge in [0.1, 0.15) is 5.82 Å². The van der Waals surface area contributed by atoms with Crippen LogP contribution in [-0.4, -0.2) is 15.1 Å². The number of fused-ring (bicyclic) bond motifs is 1. The lowest BCUT2D eigenvalue weighted by Gasteiger charge is -2.15. The number of nitrogens with one attached hydrogen (secondary N) is 1. The predicted octanol–water partition coefficient (Wildman–Crippen LogP) is 1.98. The summed E-state index contributed by atoms with van der Waals surface area (Å²) in [5.74, 6) is 0.968. The zero-order valence-electron chi connectivity index (χ0n) is 7.58. The maximum absolute atomic E-state index is 5.78. The lowest BCUT2D eigenvalue weighted by molar-refractivity contribution is 0.539. The van der Waals surface area contributed by atoms with Gasteiger partial charge in [0.05, 0.1) is 12.7 Å². The molecule has 1 N–H and O–H groups in total. The predicted molar refractivity (Wildman–Crippen MR) is 53.2 cm³/mol. The molecule has 0 aliphatic carbocycles. The second-order valence-electron chi connectivity index (χ2n) is 3.29. The Balaban J connectivity index is 2.40. The first-order valence-corrected chi connectivity index (χ1v) is 4.59. The van der Waals surface area contributed by atoms with Gasteiger partial charge in [0.15, 0.2) is 5.29 Å². The summed E-state index contributed by atoms with van der Waals surface area (Å²) in [6.07, 6.45) is 1.83. The van der Waals surface area contributed by atoms with Gasteiger partial charge in [-0.05, 0) is 25.4 Å². The van der Waals surface area contributed by atoms with Gasteiger partial charge in [0.2, 0.25) is 0 Å². The molecular weight excluding hydrogens is 188 g/mol. The summed E-state index contributed by atoms with van der Waals surface area (Å²) in [6, 6.07) is 0.332. The Bertz CT molecular complexity index is 353. The third kappa shape index (κ3) is 1.42. The molecular formula is C8H11ClN4. The van der Waals surface area contributed by atoms with Crippen molar-refractivity contribution in [2.24, 2.45) is 4.99 Å². The summed E-state index contributed by atoms with van der Waals surface area (Å²) in [5.41, 5.74) is 1.10. The highest BCUT2D eigenvalue weighted by molar-refractivity contribution is 6.67. The summed E-state index contributed by atoms with van der Waals surface area (Å²) in [7, 11) is 0. The highest BCUT2D eigenvalue weighted by Crippen LogP contribution is 2.23. The van der Waals surface area contributed by atoms with E-state index in [9.17, 15) is 0 Å². The fraction of sp³-hybridized carbons (Fsp3) is 0.500. The van der Waals surface area contributed by atoms with Crippen molar-refractivity contribution in [1.82, 2.24) is 9.78 Å². The molecule has 1 aliphatic heterocycles. The first-order chi connectivity index (χ1) is 6.18. The number of rotatable bonds is 1. The second kappa shape index (κ2) is 3.03. The number of amidine groups is 1. The fourth-order valence-electron chi connectivity index (χ4n) is 1.33. The van der Waals surface area contributed by atoms with E-state index in [4.69, 9.17) is 11.6 Å². The number of halogens is 1. The molecule has 0 radical (unpaired) electrons. The van der Waals surface area contributed by atoms with Crippen LogP contribution in [0, 0.1) is 0 Å². The molecule has 0 amide bonds. The van der Waals surface area contributed by atoms with Crippen LogP contribution in [-0.2, 0) is 6.54 Å². The average molecular weight is 199 g/mol. The number of aliphatic imine (C=N–C) groups is 1. The van der Waals surface area contributed by atoms with Gasteiger partial charge in [-0.25, -0.2) is 4.68 Å². The standard InChI is InChI=1S/C8H11ClN4/c1-5(2)13-7-6(4-11-13)3-10-8(9)12-7/h4-5H,3H2,1-2H3,(H,10,12). The molecule has 1 aromatic rings. The highest BCUT2D eigenvalue weighted by atomic mass is 35.5. The van der Waals surface area contributed by atoms with Crippen molar-refractivity contribution in [3.05, 3.63) is 11.8 Å². The Hall–Kier alpha value is -1.03. The van der Waals surface area contributed by atoms with Crippen molar-refractivity contribution in [3.8, 4) is 0 Å². The largest absolute Gasteiger partial charge is 0.315 e. The topological polar surface area (TPSA) is 42.2 Å². The molecule has 0 spiro atoms. The first kappa shape index (κ1) is 8.56. The van der Waals surface area contributed by atoms with Crippen LogP contribution < -0.4 is 5.32 Å².